The van der Waals surface area contributed by atoms with Gasteiger partial charge in [-0.15, -0.1) is 0 Å². The standard InChI is InChI=1S/C10H16O2/c11-8-4-3-6-9-5-1-2-7-10(9)12/h3-4,9,11H,1-2,5-8H2. The van der Waals surface area contributed by atoms with Gasteiger partial charge < -0.3 is 5.11 Å². The Labute approximate surface area is 73.3 Å². The average molecular weight is 168 g/mol. The summed E-state index contributed by atoms with van der Waals surface area (Å²) in [5.41, 5.74) is 0. The van der Waals surface area contributed by atoms with Crippen LogP contribution in [0.25, 0.3) is 0 Å². The number of carbonyl (C=O) groups excluding carboxylic acids is 1. The summed E-state index contributed by atoms with van der Waals surface area (Å²) in [6, 6.07) is 0. The van der Waals surface area contributed by atoms with Crippen molar-refractivity contribution in [2.75, 3.05) is 6.61 Å². The SMILES string of the molecule is O=C1CCCCC1CC=CCO. The van der Waals surface area contributed by atoms with Crippen molar-refractivity contribution in [2.45, 2.75) is 32.1 Å². The zero-order valence-electron chi connectivity index (χ0n) is 7.33. The van der Waals surface area contributed by atoms with E-state index < -0.39 is 0 Å². The molecule has 0 aliphatic heterocycles. The molecule has 1 aliphatic rings. The molecule has 0 aromatic heterocycles. The number of ketones is 1. The fourth-order valence-corrected chi connectivity index (χ4v) is 1.64. The second-order valence-corrected chi connectivity index (χ2v) is 3.30. The Morgan fingerprint density at radius 2 is 2.25 bits per heavy atom. The number of aliphatic hydroxyl groups excluding tert-OH is 1. The Kier molecular flexibility index (Phi) is 4.01. The number of allylic oxidation sites excluding steroid dienone is 1. The fraction of sp³-hybridized carbons (Fsp3) is 0.700. The summed E-state index contributed by atoms with van der Waals surface area (Å²) in [6.07, 6.45) is 8.49. The van der Waals surface area contributed by atoms with E-state index in [4.69, 9.17) is 5.11 Å². The van der Waals surface area contributed by atoms with Crippen LogP contribution in [0.2, 0.25) is 0 Å². The molecular formula is C10H16O2. The third-order valence-corrected chi connectivity index (χ3v) is 2.37. The summed E-state index contributed by atoms with van der Waals surface area (Å²) >= 11 is 0. The van der Waals surface area contributed by atoms with E-state index in [-0.39, 0.29) is 12.5 Å². The monoisotopic (exact) mass is 168 g/mol. The van der Waals surface area contributed by atoms with E-state index >= 15 is 0 Å². The maximum absolute atomic E-state index is 11.3. The van der Waals surface area contributed by atoms with Crippen LogP contribution in [0.4, 0.5) is 0 Å². The van der Waals surface area contributed by atoms with Crippen LogP contribution in [0.5, 0.6) is 0 Å². The van der Waals surface area contributed by atoms with Crippen LogP contribution in [0.1, 0.15) is 32.1 Å². The zero-order chi connectivity index (χ0) is 8.81. The van der Waals surface area contributed by atoms with Crippen molar-refractivity contribution in [3.63, 3.8) is 0 Å². The molecule has 0 aromatic carbocycles. The van der Waals surface area contributed by atoms with Gasteiger partial charge in [-0.05, 0) is 19.3 Å². The summed E-state index contributed by atoms with van der Waals surface area (Å²) in [5.74, 6) is 0.644. The van der Waals surface area contributed by atoms with Gasteiger partial charge in [0.1, 0.15) is 5.78 Å². The Morgan fingerprint density at radius 3 is 2.92 bits per heavy atom. The molecule has 0 saturated heterocycles. The van der Waals surface area contributed by atoms with Crippen LogP contribution in [-0.4, -0.2) is 17.5 Å². The van der Waals surface area contributed by atoms with Crippen molar-refractivity contribution >= 4 is 5.78 Å². The zero-order valence-corrected chi connectivity index (χ0v) is 7.33. The molecule has 0 heterocycles. The van der Waals surface area contributed by atoms with Crippen molar-refractivity contribution < 1.29 is 9.90 Å². The molecular weight excluding hydrogens is 152 g/mol. The molecule has 2 nitrogen and oxygen atoms in total. The molecule has 0 spiro atoms. The average Bonchev–Trinajstić information content (AvgIpc) is 2.09. The summed E-state index contributed by atoms with van der Waals surface area (Å²) in [6.45, 7) is 0.0842. The van der Waals surface area contributed by atoms with Gasteiger partial charge in [-0.1, -0.05) is 18.6 Å². The Balaban J connectivity index is 2.29. The highest BCUT2D eigenvalue weighted by molar-refractivity contribution is 5.81. The van der Waals surface area contributed by atoms with Crippen molar-refractivity contribution in [3.8, 4) is 0 Å². The lowest BCUT2D eigenvalue weighted by atomic mass is 9.86. The van der Waals surface area contributed by atoms with Crippen LogP contribution >= 0.6 is 0 Å². The van der Waals surface area contributed by atoms with E-state index in [1.807, 2.05) is 6.08 Å². The van der Waals surface area contributed by atoms with Gasteiger partial charge in [0.15, 0.2) is 0 Å². The smallest absolute Gasteiger partial charge is 0.136 e. The van der Waals surface area contributed by atoms with E-state index in [1.54, 1.807) is 6.08 Å². The maximum Gasteiger partial charge on any atom is 0.136 e. The molecule has 0 radical (unpaired) electrons. The lowest BCUT2D eigenvalue weighted by Gasteiger charge is -2.18. The molecule has 1 saturated carbocycles. The highest BCUT2D eigenvalue weighted by atomic mass is 16.2. The Morgan fingerprint density at radius 1 is 1.42 bits per heavy atom. The third-order valence-electron chi connectivity index (χ3n) is 2.37. The fourth-order valence-electron chi connectivity index (χ4n) is 1.64. The molecule has 0 aromatic rings. The van der Waals surface area contributed by atoms with Crippen LogP contribution in [0, 0.1) is 5.92 Å². The highest BCUT2D eigenvalue weighted by Crippen LogP contribution is 2.23. The third kappa shape index (κ3) is 2.78. The van der Waals surface area contributed by atoms with Gasteiger partial charge >= 0.3 is 0 Å². The molecule has 68 valence electrons. The first-order chi connectivity index (χ1) is 5.84. The summed E-state index contributed by atoms with van der Waals surface area (Å²) in [5, 5.41) is 8.49. The lowest BCUT2D eigenvalue weighted by Crippen LogP contribution is -2.18. The van der Waals surface area contributed by atoms with Crippen LogP contribution in [-0.2, 0) is 4.79 Å². The van der Waals surface area contributed by atoms with Gasteiger partial charge in [0, 0.05) is 12.3 Å². The minimum absolute atomic E-state index is 0.0842. The van der Waals surface area contributed by atoms with Gasteiger partial charge in [0.05, 0.1) is 6.61 Å². The van der Waals surface area contributed by atoms with Crippen molar-refractivity contribution in [2.24, 2.45) is 5.92 Å². The first-order valence-corrected chi connectivity index (χ1v) is 4.63. The second-order valence-electron chi connectivity index (χ2n) is 3.30. The van der Waals surface area contributed by atoms with E-state index in [1.165, 1.54) is 6.42 Å². The molecule has 1 N–H and O–H groups in total. The van der Waals surface area contributed by atoms with Crippen molar-refractivity contribution in [1.29, 1.82) is 0 Å². The number of aliphatic hydroxyl groups is 1. The Hall–Kier alpha value is -0.630. The Bertz CT molecular complexity index is 173. The van der Waals surface area contributed by atoms with Gasteiger partial charge in [-0.2, -0.15) is 0 Å². The molecule has 1 unspecified atom stereocenters. The van der Waals surface area contributed by atoms with Crippen molar-refractivity contribution in [1.82, 2.24) is 0 Å². The molecule has 2 heteroatoms. The topological polar surface area (TPSA) is 37.3 Å². The highest BCUT2D eigenvalue weighted by Gasteiger charge is 2.20. The van der Waals surface area contributed by atoms with Gasteiger partial charge in [-0.25, -0.2) is 0 Å². The van der Waals surface area contributed by atoms with Gasteiger partial charge in [0.2, 0.25) is 0 Å². The molecule has 0 amide bonds. The lowest BCUT2D eigenvalue weighted by molar-refractivity contribution is -0.124. The predicted molar refractivity (Wildman–Crippen MR) is 47.8 cm³/mol. The number of hydrogen-bond donors (Lipinski definition) is 1. The normalized spacial score (nSPS) is 25.1. The molecule has 12 heavy (non-hydrogen) atoms. The molecule has 0 bridgehead atoms. The number of carbonyl (C=O) groups is 1. The number of rotatable bonds is 3. The van der Waals surface area contributed by atoms with E-state index in [0.29, 0.717) is 5.78 Å². The molecule has 1 aliphatic carbocycles. The summed E-state index contributed by atoms with van der Waals surface area (Å²) in [4.78, 5) is 11.3. The largest absolute Gasteiger partial charge is 0.392 e. The van der Waals surface area contributed by atoms with Crippen LogP contribution in [0.15, 0.2) is 12.2 Å². The number of Topliss-reactive ketones (excluding diaryl/α,β-unsaturated/α-hetero) is 1. The van der Waals surface area contributed by atoms with Crippen molar-refractivity contribution in [3.05, 3.63) is 12.2 Å². The molecule has 1 rings (SSSR count). The summed E-state index contributed by atoms with van der Waals surface area (Å²) < 4.78 is 0. The van der Waals surface area contributed by atoms with E-state index in [0.717, 1.165) is 25.7 Å². The van der Waals surface area contributed by atoms with Gasteiger partial charge in [-0.3, -0.25) is 4.79 Å². The maximum atomic E-state index is 11.3. The summed E-state index contributed by atoms with van der Waals surface area (Å²) in [7, 11) is 0. The van der Waals surface area contributed by atoms with E-state index in [2.05, 4.69) is 0 Å². The molecule has 1 atom stereocenters. The predicted octanol–water partition coefficient (Wildman–Crippen LogP) is 1.68. The quantitative estimate of drug-likeness (QED) is 0.651. The molecule has 1 fully saturated rings. The van der Waals surface area contributed by atoms with E-state index in [9.17, 15) is 4.79 Å². The first kappa shape index (κ1) is 9.46. The first-order valence-electron chi connectivity index (χ1n) is 4.63. The van der Waals surface area contributed by atoms with Gasteiger partial charge in [0.25, 0.3) is 0 Å². The number of hydrogen-bond acceptors (Lipinski definition) is 2. The van der Waals surface area contributed by atoms with Crippen LogP contribution in [0.3, 0.4) is 0 Å². The minimum Gasteiger partial charge on any atom is -0.392 e. The van der Waals surface area contributed by atoms with Crippen LogP contribution < -0.4 is 0 Å². The minimum atomic E-state index is 0.0842. The second kappa shape index (κ2) is 5.09.